The van der Waals surface area contributed by atoms with E-state index in [2.05, 4.69) is 278 Å². The van der Waals surface area contributed by atoms with E-state index in [0.717, 1.165) is 45.3 Å². The third kappa shape index (κ3) is 7.60. The summed E-state index contributed by atoms with van der Waals surface area (Å²) in [5, 5.41) is 0. The lowest BCUT2D eigenvalue weighted by Crippen LogP contribution is -2.15. The highest BCUT2D eigenvalue weighted by Gasteiger charge is 2.35. The average Bonchev–Trinajstić information content (AvgIpc) is 3.61. The fourth-order valence-electron chi connectivity index (χ4n) is 9.69. The van der Waals surface area contributed by atoms with Gasteiger partial charge in [-0.1, -0.05) is 178 Å². The minimum atomic E-state index is -0.0444. The van der Waals surface area contributed by atoms with E-state index >= 15 is 0 Å². The van der Waals surface area contributed by atoms with Crippen LogP contribution in [0.5, 0.6) is 0 Å². The SMILES string of the molecule is CC1(C)c2ccccc2-c2cc(N(c3ccccc3)c3ccc(-c4cc(-c5ccccc5)cc(-c5ccc(N(c6ccccc6)c6ccc(-c7ccccc7)cc6)cc5)c4)cc3)ccc21. The Labute approximate surface area is 383 Å². The summed E-state index contributed by atoms with van der Waals surface area (Å²) in [6.45, 7) is 4.68. The maximum atomic E-state index is 2.38. The number of fused-ring (bicyclic) bond motifs is 3. The minimum Gasteiger partial charge on any atom is -0.311 e. The van der Waals surface area contributed by atoms with Crippen LogP contribution in [-0.2, 0) is 5.41 Å². The van der Waals surface area contributed by atoms with Crippen molar-refractivity contribution < 1.29 is 0 Å². The monoisotopic (exact) mass is 832 g/mol. The van der Waals surface area contributed by atoms with Crippen LogP contribution in [-0.4, -0.2) is 0 Å². The summed E-state index contributed by atoms with van der Waals surface area (Å²) in [6, 6.07) is 92.4. The quantitative estimate of drug-likeness (QED) is 0.135. The topological polar surface area (TPSA) is 6.48 Å². The molecule has 1 aliphatic carbocycles. The fourth-order valence-corrected chi connectivity index (χ4v) is 9.69. The number of hydrogen-bond acceptors (Lipinski definition) is 2. The summed E-state index contributed by atoms with van der Waals surface area (Å²) in [7, 11) is 0. The van der Waals surface area contributed by atoms with Gasteiger partial charge in [0, 0.05) is 39.5 Å². The first-order valence-corrected chi connectivity index (χ1v) is 22.5. The zero-order chi connectivity index (χ0) is 43.7. The Kier molecular flexibility index (Phi) is 10.3. The molecule has 310 valence electrons. The number of nitrogens with zero attached hydrogens (tertiary/aromatic N) is 2. The lowest BCUT2D eigenvalue weighted by atomic mass is 9.82. The number of benzene rings is 10. The van der Waals surface area contributed by atoms with Gasteiger partial charge in [-0.15, -0.1) is 0 Å². The summed E-state index contributed by atoms with van der Waals surface area (Å²) < 4.78 is 0. The van der Waals surface area contributed by atoms with Gasteiger partial charge in [0.15, 0.2) is 0 Å². The van der Waals surface area contributed by atoms with Gasteiger partial charge in [-0.3, -0.25) is 0 Å². The molecule has 2 heteroatoms. The van der Waals surface area contributed by atoms with E-state index in [1.165, 1.54) is 55.6 Å². The third-order valence-electron chi connectivity index (χ3n) is 13.0. The molecule has 10 aromatic rings. The Bertz CT molecular complexity index is 3230. The smallest absolute Gasteiger partial charge is 0.0468 e. The van der Waals surface area contributed by atoms with Crippen LogP contribution in [0.3, 0.4) is 0 Å². The predicted molar refractivity (Wildman–Crippen MR) is 275 cm³/mol. The van der Waals surface area contributed by atoms with Gasteiger partial charge in [0.1, 0.15) is 0 Å². The molecule has 0 aromatic heterocycles. The molecule has 0 heterocycles. The van der Waals surface area contributed by atoms with E-state index in [-0.39, 0.29) is 5.41 Å². The van der Waals surface area contributed by atoms with Crippen molar-refractivity contribution in [2.24, 2.45) is 0 Å². The van der Waals surface area contributed by atoms with Crippen LogP contribution in [0.15, 0.2) is 255 Å². The van der Waals surface area contributed by atoms with Crippen LogP contribution < -0.4 is 9.80 Å². The lowest BCUT2D eigenvalue weighted by molar-refractivity contribution is 0.660. The zero-order valence-electron chi connectivity index (χ0n) is 36.6. The Morgan fingerprint density at radius 2 is 0.538 bits per heavy atom. The summed E-state index contributed by atoms with van der Waals surface area (Å²) >= 11 is 0. The minimum absolute atomic E-state index is 0.0444. The van der Waals surface area contributed by atoms with Crippen molar-refractivity contribution in [1.82, 2.24) is 0 Å². The number of hydrogen-bond donors (Lipinski definition) is 0. The second-order valence-electron chi connectivity index (χ2n) is 17.4. The molecule has 2 nitrogen and oxygen atoms in total. The Morgan fingerprint density at radius 1 is 0.231 bits per heavy atom. The molecule has 0 atom stereocenters. The molecule has 0 aliphatic heterocycles. The van der Waals surface area contributed by atoms with Crippen LogP contribution in [0.25, 0.3) is 55.6 Å². The van der Waals surface area contributed by atoms with Crippen LogP contribution in [0.2, 0.25) is 0 Å². The maximum Gasteiger partial charge on any atom is 0.0468 e. The second-order valence-corrected chi connectivity index (χ2v) is 17.4. The molecule has 0 spiro atoms. The van der Waals surface area contributed by atoms with Crippen LogP contribution >= 0.6 is 0 Å². The number of rotatable bonds is 10. The molecule has 0 fully saturated rings. The van der Waals surface area contributed by atoms with E-state index in [0.29, 0.717) is 0 Å². The summed E-state index contributed by atoms with van der Waals surface area (Å²) in [5.41, 5.74) is 21.5. The van der Waals surface area contributed by atoms with Gasteiger partial charge >= 0.3 is 0 Å². The molecule has 1 aliphatic rings. The number of anilines is 6. The third-order valence-corrected chi connectivity index (χ3v) is 13.0. The standard InChI is InChI=1S/C63H48N2/c1-63(2)61-26-16-15-25-59(61)60-44-58(39-40-62(60)63)65(54-23-13-6-14-24-54)57-37-31-49(32-38-57)52-42-50(46-19-9-4-10-20-46)41-51(43-52)48-29-35-56(36-30-48)64(53-21-11-5-12-22-53)55-33-27-47(28-34-55)45-17-7-3-8-18-45/h3-44H,1-2H3. The van der Waals surface area contributed by atoms with E-state index in [1.807, 2.05) is 0 Å². The molecular formula is C63H48N2. The Balaban J connectivity index is 0.951. The molecule has 0 bridgehead atoms. The Hall–Kier alpha value is -8.20. The summed E-state index contributed by atoms with van der Waals surface area (Å²) in [6.07, 6.45) is 0. The van der Waals surface area contributed by atoms with Crippen molar-refractivity contribution in [3.05, 3.63) is 266 Å². The molecule has 0 saturated carbocycles. The first-order chi connectivity index (χ1) is 32.0. The number of para-hydroxylation sites is 2. The molecular weight excluding hydrogens is 785 g/mol. The summed E-state index contributed by atoms with van der Waals surface area (Å²) in [5.74, 6) is 0. The highest BCUT2D eigenvalue weighted by Crippen LogP contribution is 2.51. The van der Waals surface area contributed by atoms with Crippen molar-refractivity contribution in [2.45, 2.75) is 19.3 Å². The van der Waals surface area contributed by atoms with Crippen molar-refractivity contribution in [3.8, 4) is 55.6 Å². The Morgan fingerprint density at radius 3 is 1.00 bits per heavy atom. The fraction of sp³-hybridized carbons (Fsp3) is 0.0476. The first kappa shape index (κ1) is 39.6. The molecule has 0 unspecified atom stereocenters. The van der Waals surface area contributed by atoms with E-state index in [1.54, 1.807) is 0 Å². The van der Waals surface area contributed by atoms with Gasteiger partial charge in [-0.2, -0.15) is 0 Å². The van der Waals surface area contributed by atoms with Gasteiger partial charge in [0.25, 0.3) is 0 Å². The average molecular weight is 833 g/mol. The molecule has 10 aromatic carbocycles. The van der Waals surface area contributed by atoms with E-state index in [4.69, 9.17) is 0 Å². The van der Waals surface area contributed by atoms with Crippen LogP contribution in [0, 0.1) is 0 Å². The highest BCUT2D eigenvalue weighted by atomic mass is 15.1. The maximum absolute atomic E-state index is 2.38. The van der Waals surface area contributed by atoms with Gasteiger partial charge in [0.2, 0.25) is 0 Å². The lowest BCUT2D eigenvalue weighted by Gasteiger charge is -2.27. The van der Waals surface area contributed by atoms with Crippen LogP contribution in [0.4, 0.5) is 34.1 Å². The van der Waals surface area contributed by atoms with Crippen LogP contribution in [0.1, 0.15) is 25.0 Å². The molecule has 0 radical (unpaired) electrons. The predicted octanol–water partition coefficient (Wildman–Crippen LogP) is 17.6. The highest BCUT2D eigenvalue weighted by molar-refractivity contribution is 5.88. The molecule has 0 amide bonds. The van der Waals surface area contributed by atoms with Gasteiger partial charge < -0.3 is 9.80 Å². The van der Waals surface area contributed by atoms with Crippen molar-refractivity contribution in [1.29, 1.82) is 0 Å². The normalized spacial score (nSPS) is 12.3. The van der Waals surface area contributed by atoms with E-state index < -0.39 is 0 Å². The van der Waals surface area contributed by atoms with Gasteiger partial charge in [0.05, 0.1) is 0 Å². The summed E-state index contributed by atoms with van der Waals surface area (Å²) in [4.78, 5) is 4.70. The van der Waals surface area contributed by atoms with E-state index in [9.17, 15) is 0 Å². The molecule has 65 heavy (non-hydrogen) atoms. The van der Waals surface area contributed by atoms with Gasteiger partial charge in [-0.25, -0.2) is 0 Å². The molecule has 0 N–H and O–H groups in total. The second kappa shape index (κ2) is 16.8. The van der Waals surface area contributed by atoms with Gasteiger partial charge in [-0.05, 0) is 158 Å². The van der Waals surface area contributed by atoms with Crippen molar-refractivity contribution in [2.75, 3.05) is 9.80 Å². The molecule has 0 saturated heterocycles. The zero-order valence-corrected chi connectivity index (χ0v) is 36.6. The largest absolute Gasteiger partial charge is 0.311 e. The van der Waals surface area contributed by atoms with Crippen molar-refractivity contribution >= 4 is 34.1 Å². The molecule has 11 rings (SSSR count). The van der Waals surface area contributed by atoms with Crippen molar-refractivity contribution in [3.63, 3.8) is 0 Å². The first-order valence-electron chi connectivity index (χ1n) is 22.5.